The van der Waals surface area contributed by atoms with Crippen LogP contribution in [-0.4, -0.2) is 37.0 Å². The van der Waals surface area contributed by atoms with Crippen LogP contribution in [0.15, 0.2) is 47.6 Å². The van der Waals surface area contributed by atoms with E-state index in [0.717, 1.165) is 38.2 Å². The molecule has 2 aliphatic heterocycles. The zero-order valence-corrected chi connectivity index (χ0v) is 11.9. The SMILES string of the molecule is CC(C(=O)N1CC=C(c2ccccc2)CC1)=C1CNC1. The van der Waals surface area contributed by atoms with E-state index in [9.17, 15) is 4.79 Å². The Morgan fingerprint density at radius 1 is 1.20 bits per heavy atom. The van der Waals surface area contributed by atoms with Gasteiger partial charge in [-0.15, -0.1) is 0 Å². The normalized spacial score (nSPS) is 18.4. The second kappa shape index (κ2) is 5.63. The van der Waals surface area contributed by atoms with Gasteiger partial charge >= 0.3 is 0 Å². The number of carbonyl (C=O) groups is 1. The van der Waals surface area contributed by atoms with Crippen molar-refractivity contribution in [2.75, 3.05) is 26.2 Å². The molecular weight excluding hydrogens is 248 g/mol. The fraction of sp³-hybridized carbons (Fsp3) is 0.353. The first-order chi connectivity index (χ1) is 9.75. The van der Waals surface area contributed by atoms with Crippen molar-refractivity contribution in [3.05, 3.63) is 53.1 Å². The van der Waals surface area contributed by atoms with Crippen molar-refractivity contribution in [2.24, 2.45) is 0 Å². The lowest BCUT2D eigenvalue weighted by atomic mass is 9.98. The number of hydrogen-bond acceptors (Lipinski definition) is 2. The Labute approximate surface area is 120 Å². The van der Waals surface area contributed by atoms with Gasteiger partial charge in [0.15, 0.2) is 0 Å². The van der Waals surface area contributed by atoms with Gasteiger partial charge in [0.05, 0.1) is 0 Å². The Morgan fingerprint density at radius 3 is 2.50 bits per heavy atom. The lowest BCUT2D eigenvalue weighted by molar-refractivity contribution is -0.126. The minimum Gasteiger partial charge on any atom is -0.335 e. The third-order valence-corrected chi connectivity index (χ3v) is 4.17. The van der Waals surface area contributed by atoms with E-state index in [1.807, 2.05) is 17.9 Å². The van der Waals surface area contributed by atoms with E-state index >= 15 is 0 Å². The molecule has 20 heavy (non-hydrogen) atoms. The van der Waals surface area contributed by atoms with Gasteiger partial charge in [0, 0.05) is 31.8 Å². The number of nitrogens with zero attached hydrogens (tertiary/aromatic N) is 1. The molecule has 1 fully saturated rings. The minimum atomic E-state index is 0.199. The first kappa shape index (κ1) is 13.1. The van der Waals surface area contributed by atoms with Crippen molar-refractivity contribution >= 4 is 11.5 Å². The molecule has 0 aromatic heterocycles. The molecule has 0 bridgehead atoms. The van der Waals surface area contributed by atoms with Crippen LogP contribution in [0.4, 0.5) is 0 Å². The highest BCUT2D eigenvalue weighted by atomic mass is 16.2. The second-order valence-corrected chi connectivity index (χ2v) is 5.43. The van der Waals surface area contributed by atoms with Gasteiger partial charge in [0.1, 0.15) is 0 Å². The molecule has 3 nitrogen and oxygen atoms in total. The average Bonchev–Trinajstić information content (AvgIpc) is 2.46. The van der Waals surface area contributed by atoms with Crippen LogP contribution in [0.5, 0.6) is 0 Å². The fourth-order valence-electron chi connectivity index (χ4n) is 2.67. The minimum absolute atomic E-state index is 0.199. The molecule has 1 amide bonds. The molecule has 1 aromatic rings. The molecule has 2 aliphatic rings. The summed E-state index contributed by atoms with van der Waals surface area (Å²) in [5, 5.41) is 3.19. The maximum atomic E-state index is 12.4. The van der Waals surface area contributed by atoms with E-state index in [1.54, 1.807) is 0 Å². The highest BCUT2D eigenvalue weighted by Gasteiger charge is 2.22. The number of nitrogens with one attached hydrogen (secondary N) is 1. The molecule has 1 N–H and O–H groups in total. The average molecular weight is 268 g/mol. The van der Waals surface area contributed by atoms with E-state index in [-0.39, 0.29) is 5.91 Å². The standard InChI is InChI=1S/C17H20N2O/c1-13(16-11-18-12-16)17(20)19-9-7-15(8-10-19)14-5-3-2-4-6-14/h2-7,18H,8-12H2,1H3. The second-order valence-electron chi connectivity index (χ2n) is 5.43. The van der Waals surface area contributed by atoms with Crippen molar-refractivity contribution in [1.82, 2.24) is 10.2 Å². The summed E-state index contributed by atoms with van der Waals surface area (Å²) < 4.78 is 0. The Hall–Kier alpha value is -1.87. The Kier molecular flexibility index (Phi) is 3.70. The summed E-state index contributed by atoms with van der Waals surface area (Å²) >= 11 is 0. The van der Waals surface area contributed by atoms with E-state index in [0.29, 0.717) is 0 Å². The van der Waals surface area contributed by atoms with E-state index in [1.165, 1.54) is 16.7 Å². The molecule has 2 heterocycles. The largest absolute Gasteiger partial charge is 0.335 e. The van der Waals surface area contributed by atoms with Crippen molar-refractivity contribution in [2.45, 2.75) is 13.3 Å². The van der Waals surface area contributed by atoms with Crippen LogP contribution in [0.1, 0.15) is 18.9 Å². The van der Waals surface area contributed by atoms with Crippen molar-refractivity contribution in [3.8, 4) is 0 Å². The molecule has 0 aliphatic carbocycles. The molecule has 0 saturated carbocycles. The van der Waals surface area contributed by atoms with Gasteiger partial charge in [-0.3, -0.25) is 4.79 Å². The van der Waals surface area contributed by atoms with Gasteiger partial charge in [-0.1, -0.05) is 36.4 Å². The molecule has 0 spiro atoms. The van der Waals surface area contributed by atoms with Crippen LogP contribution in [-0.2, 0) is 4.79 Å². The third-order valence-electron chi connectivity index (χ3n) is 4.17. The predicted octanol–water partition coefficient (Wildman–Crippen LogP) is 2.22. The number of carbonyl (C=O) groups excluding carboxylic acids is 1. The van der Waals surface area contributed by atoms with Gasteiger partial charge in [-0.05, 0) is 30.1 Å². The Balaban J connectivity index is 1.69. The molecule has 0 radical (unpaired) electrons. The van der Waals surface area contributed by atoms with Crippen LogP contribution < -0.4 is 5.32 Å². The topological polar surface area (TPSA) is 32.3 Å². The third kappa shape index (κ3) is 2.54. The van der Waals surface area contributed by atoms with Gasteiger partial charge in [-0.25, -0.2) is 0 Å². The molecule has 3 heteroatoms. The van der Waals surface area contributed by atoms with E-state index in [2.05, 4.69) is 35.7 Å². The Bertz CT molecular complexity index is 566. The summed E-state index contributed by atoms with van der Waals surface area (Å²) in [6.07, 6.45) is 3.13. The lowest BCUT2D eigenvalue weighted by Crippen LogP contribution is -2.40. The fourth-order valence-corrected chi connectivity index (χ4v) is 2.67. The quantitative estimate of drug-likeness (QED) is 0.834. The van der Waals surface area contributed by atoms with Crippen LogP contribution in [0, 0.1) is 0 Å². The van der Waals surface area contributed by atoms with Crippen LogP contribution in [0.3, 0.4) is 0 Å². The number of benzene rings is 1. The summed E-state index contributed by atoms with van der Waals surface area (Å²) in [6, 6.07) is 10.4. The van der Waals surface area contributed by atoms with Gasteiger partial charge < -0.3 is 10.2 Å². The van der Waals surface area contributed by atoms with Crippen molar-refractivity contribution in [1.29, 1.82) is 0 Å². The van der Waals surface area contributed by atoms with Gasteiger partial charge in [-0.2, -0.15) is 0 Å². The summed E-state index contributed by atoms with van der Waals surface area (Å²) in [5.74, 6) is 0.199. The van der Waals surface area contributed by atoms with Crippen LogP contribution in [0.2, 0.25) is 0 Å². The number of rotatable bonds is 2. The van der Waals surface area contributed by atoms with Gasteiger partial charge in [0.25, 0.3) is 0 Å². The highest BCUT2D eigenvalue weighted by Crippen LogP contribution is 2.23. The van der Waals surface area contributed by atoms with Gasteiger partial charge in [0.2, 0.25) is 5.91 Å². The molecule has 3 rings (SSSR count). The zero-order valence-electron chi connectivity index (χ0n) is 11.9. The first-order valence-electron chi connectivity index (χ1n) is 7.19. The van der Waals surface area contributed by atoms with E-state index in [4.69, 9.17) is 0 Å². The zero-order chi connectivity index (χ0) is 13.9. The summed E-state index contributed by atoms with van der Waals surface area (Å²) in [4.78, 5) is 14.3. The first-order valence-corrected chi connectivity index (χ1v) is 7.19. The molecule has 0 atom stereocenters. The van der Waals surface area contributed by atoms with Crippen LogP contribution in [0.25, 0.3) is 5.57 Å². The highest BCUT2D eigenvalue weighted by molar-refractivity contribution is 5.94. The smallest absolute Gasteiger partial charge is 0.249 e. The predicted molar refractivity (Wildman–Crippen MR) is 81.2 cm³/mol. The molecule has 1 aromatic carbocycles. The summed E-state index contributed by atoms with van der Waals surface area (Å²) in [6.45, 7) is 5.24. The van der Waals surface area contributed by atoms with E-state index < -0.39 is 0 Å². The molecule has 1 saturated heterocycles. The molecule has 104 valence electrons. The summed E-state index contributed by atoms with van der Waals surface area (Å²) in [5.41, 5.74) is 4.82. The van der Waals surface area contributed by atoms with Crippen molar-refractivity contribution in [3.63, 3.8) is 0 Å². The maximum absolute atomic E-state index is 12.4. The van der Waals surface area contributed by atoms with Crippen LogP contribution >= 0.6 is 0 Å². The monoisotopic (exact) mass is 268 g/mol. The molecular formula is C17H20N2O. The number of amides is 1. The number of hydrogen-bond donors (Lipinski definition) is 1. The maximum Gasteiger partial charge on any atom is 0.249 e. The van der Waals surface area contributed by atoms with Crippen molar-refractivity contribution < 1.29 is 4.79 Å². The summed E-state index contributed by atoms with van der Waals surface area (Å²) in [7, 11) is 0. The Morgan fingerprint density at radius 2 is 1.95 bits per heavy atom. The lowest BCUT2D eigenvalue weighted by Gasteiger charge is -2.29. The molecule has 0 unspecified atom stereocenters.